The topological polar surface area (TPSA) is 58.6 Å². The standard InChI is InChI=1S/C11H14ClNO3/c1-11(13-2,10(14)15)7-4-5-9(16-3)8(12)6-7/h4-6,13H,1-3H3,(H,14,15). The van der Waals surface area contributed by atoms with Gasteiger partial charge in [-0.25, -0.2) is 4.79 Å². The molecule has 0 heterocycles. The monoisotopic (exact) mass is 243 g/mol. The summed E-state index contributed by atoms with van der Waals surface area (Å²) in [5, 5.41) is 12.3. The molecule has 0 fully saturated rings. The van der Waals surface area contributed by atoms with Gasteiger partial charge in [0.05, 0.1) is 12.1 Å². The van der Waals surface area contributed by atoms with Crippen molar-refractivity contribution in [2.45, 2.75) is 12.5 Å². The third kappa shape index (κ3) is 2.13. The van der Waals surface area contributed by atoms with Crippen molar-refractivity contribution in [3.63, 3.8) is 0 Å². The van der Waals surface area contributed by atoms with Gasteiger partial charge in [0.1, 0.15) is 11.3 Å². The van der Waals surface area contributed by atoms with Crippen LogP contribution in [-0.4, -0.2) is 25.2 Å². The zero-order valence-electron chi connectivity index (χ0n) is 9.37. The number of aliphatic carboxylic acids is 1. The molecule has 0 amide bonds. The van der Waals surface area contributed by atoms with Crippen molar-refractivity contribution in [1.29, 1.82) is 0 Å². The van der Waals surface area contributed by atoms with Crippen molar-refractivity contribution in [3.05, 3.63) is 28.8 Å². The second-order valence-corrected chi connectivity index (χ2v) is 3.94. The first-order chi connectivity index (χ1) is 7.45. The molecule has 0 aliphatic rings. The van der Waals surface area contributed by atoms with Gasteiger partial charge in [0, 0.05) is 0 Å². The van der Waals surface area contributed by atoms with E-state index in [2.05, 4.69) is 5.32 Å². The summed E-state index contributed by atoms with van der Waals surface area (Å²) >= 11 is 5.95. The molecular weight excluding hydrogens is 230 g/mol. The number of halogens is 1. The number of hydrogen-bond donors (Lipinski definition) is 2. The summed E-state index contributed by atoms with van der Waals surface area (Å²) < 4.78 is 5.01. The molecule has 0 aliphatic heterocycles. The minimum absolute atomic E-state index is 0.391. The Labute approximate surface area is 99.2 Å². The van der Waals surface area contributed by atoms with Crippen molar-refractivity contribution < 1.29 is 14.6 Å². The Morgan fingerprint density at radius 1 is 1.56 bits per heavy atom. The van der Waals surface area contributed by atoms with Crippen molar-refractivity contribution >= 4 is 17.6 Å². The van der Waals surface area contributed by atoms with E-state index in [1.54, 1.807) is 32.2 Å². The van der Waals surface area contributed by atoms with E-state index in [1.165, 1.54) is 7.11 Å². The van der Waals surface area contributed by atoms with Crippen LogP contribution in [0.4, 0.5) is 0 Å². The average molecular weight is 244 g/mol. The first kappa shape index (κ1) is 12.8. The molecule has 88 valence electrons. The summed E-state index contributed by atoms with van der Waals surface area (Å²) in [5.74, 6) is -0.439. The summed E-state index contributed by atoms with van der Waals surface area (Å²) in [6.45, 7) is 1.58. The van der Waals surface area contributed by atoms with Gasteiger partial charge in [0.2, 0.25) is 0 Å². The lowest BCUT2D eigenvalue weighted by molar-refractivity contribution is -0.144. The highest BCUT2D eigenvalue weighted by Crippen LogP contribution is 2.30. The van der Waals surface area contributed by atoms with Crippen LogP contribution in [0, 0.1) is 0 Å². The molecular formula is C11H14ClNO3. The van der Waals surface area contributed by atoms with Gasteiger partial charge in [-0.3, -0.25) is 0 Å². The first-order valence-electron chi connectivity index (χ1n) is 4.72. The van der Waals surface area contributed by atoms with E-state index in [1.807, 2.05) is 0 Å². The molecule has 1 aromatic carbocycles. The quantitative estimate of drug-likeness (QED) is 0.848. The maximum Gasteiger partial charge on any atom is 0.328 e. The molecule has 1 rings (SSSR count). The van der Waals surface area contributed by atoms with E-state index in [4.69, 9.17) is 21.4 Å². The van der Waals surface area contributed by atoms with Gasteiger partial charge in [-0.05, 0) is 31.7 Å². The smallest absolute Gasteiger partial charge is 0.328 e. The number of ether oxygens (including phenoxy) is 1. The number of benzene rings is 1. The Bertz CT molecular complexity index is 408. The molecule has 2 N–H and O–H groups in total. The number of likely N-dealkylation sites (N-methyl/N-ethyl adjacent to an activating group) is 1. The van der Waals surface area contributed by atoms with Crippen molar-refractivity contribution in [2.24, 2.45) is 0 Å². The third-order valence-corrected chi connectivity index (χ3v) is 2.95. The molecule has 1 unspecified atom stereocenters. The first-order valence-corrected chi connectivity index (χ1v) is 5.10. The largest absolute Gasteiger partial charge is 0.495 e. The van der Waals surface area contributed by atoms with Crippen LogP contribution in [0.5, 0.6) is 5.75 Å². The Morgan fingerprint density at radius 3 is 2.56 bits per heavy atom. The van der Waals surface area contributed by atoms with Crippen LogP contribution in [0.3, 0.4) is 0 Å². The third-order valence-electron chi connectivity index (χ3n) is 2.66. The van der Waals surface area contributed by atoms with E-state index in [0.29, 0.717) is 16.3 Å². The molecule has 1 atom stereocenters. The number of methoxy groups -OCH3 is 1. The zero-order valence-corrected chi connectivity index (χ0v) is 10.1. The zero-order chi connectivity index (χ0) is 12.3. The SMILES string of the molecule is CNC(C)(C(=O)O)c1ccc(OC)c(Cl)c1. The van der Waals surface area contributed by atoms with Crippen LogP contribution in [0.2, 0.25) is 5.02 Å². The summed E-state index contributed by atoms with van der Waals surface area (Å²) in [6.07, 6.45) is 0. The fraction of sp³-hybridized carbons (Fsp3) is 0.364. The lowest BCUT2D eigenvalue weighted by Crippen LogP contribution is -2.44. The summed E-state index contributed by atoms with van der Waals surface area (Å²) in [7, 11) is 3.10. The van der Waals surface area contributed by atoms with Crippen molar-refractivity contribution in [1.82, 2.24) is 5.32 Å². The lowest BCUT2D eigenvalue weighted by Gasteiger charge is -2.25. The molecule has 0 radical (unpaired) electrons. The van der Waals surface area contributed by atoms with Crippen molar-refractivity contribution in [2.75, 3.05) is 14.2 Å². The highest BCUT2D eigenvalue weighted by Gasteiger charge is 2.33. The summed E-state index contributed by atoms with van der Waals surface area (Å²) in [5.41, 5.74) is -0.580. The van der Waals surface area contributed by atoms with Gasteiger partial charge in [0.15, 0.2) is 0 Å². The highest BCUT2D eigenvalue weighted by molar-refractivity contribution is 6.32. The second-order valence-electron chi connectivity index (χ2n) is 3.53. The predicted octanol–water partition coefficient (Wildman–Crippen LogP) is 1.87. The summed E-state index contributed by atoms with van der Waals surface area (Å²) in [6, 6.07) is 4.91. The normalized spacial score (nSPS) is 14.2. The molecule has 1 aromatic rings. The van der Waals surface area contributed by atoms with Gasteiger partial charge < -0.3 is 15.2 Å². The van der Waals surface area contributed by atoms with E-state index >= 15 is 0 Å². The predicted molar refractivity (Wildman–Crippen MR) is 62.1 cm³/mol. The van der Waals surface area contributed by atoms with Gasteiger partial charge in [-0.15, -0.1) is 0 Å². The van der Waals surface area contributed by atoms with Gasteiger partial charge in [-0.1, -0.05) is 17.7 Å². The van der Waals surface area contributed by atoms with Crippen LogP contribution >= 0.6 is 11.6 Å². The number of rotatable bonds is 4. The maximum absolute atomic E-state index is 11.2. The molecule has 0 spiro atoms. The summed E-state index contributed by atoms with van der Waals surface area (Å²) in [4.78, 5) is 11.2. The van der Waals surface area contributed by atoms with Gasteiger partial charge >= 0.3 is 5.97 Å². The lowest BCUT2D eigenvalue weighted by atomic mass is 9.92. The van der Waals surface area contributed by atoms with Crippen LogP contribution in [0.1, 0.15) is 12.5 Å². The Balaban J connectivity index is 3.23. The second kappa shape index (κ2) is 4.72. The molecule has 0 aliphatic carbocycles. The number of carboxylic acids is 1. The fourth-order valence-electron chi connectivity index (χ4n) is 1.35. The molecule has 0 saturated heterocycles. The van der Waals surface area contributed by atoms with Gasteiger partial charge in [-0.2, -0.15) is 0 Å². The molecule has 5 heteroatoms. The van der Waals surface area contributed by atoms with Crippen LogP contribution in [-0.2, 0) is 10.3 Å². The van der Waals surface area contributed by atoms with E-state index < -0.39 is 11.5 Å². The number of nitrogens with one attached hydrogen (secondary N) is 1. The Morgan fingerprint density at radius 2 is 2.19 bits per heavy atom. The molecule has 0 aromatic heterocycles. The Kier molecular flexibility index (Phi) is 3.78. The van der Waals surface area contributed by atoms with E-state index in [-0.39, 0.29) is 0 Å². The van der Waals surface area contributed by atoms with Crippen molar-refractivity contribution in [3.8, 4) is 5.75 Å². The highest BCUT2D eigenvalue weighted by atomic mass is 35.5. The van der Waals surface area contributed by atoms with E-state index in [0.717, 1.165) is 0 Å². The molecule has 0 bridgehead atoms. The van der Waals surface area contributed by atoms with E-state index in [9.17, 15) is 4.79 Å². The van der Waals surface area contributed by atoms with Crippen LogP contribution in [0.25, 0.3) is 0 Å². The Hall–Kier alpha value is -1.26. The average Bonchev–Trinajstić information content (AvgIpc) is 2.27. The fourth-order valence-corrected chi connectivity index (χ4v) is 1.61. The molecule has 0 saturated carbocycles. The minimum Gasteiger partial charge on any atom is -0.495 e. The maximum atomic E-state index is 11.2. The van der Waals surface area contributed by atoms with Gasteiger partial charge in [0.25, 0.3) is 0 Å². The van der Waals surface area contributed by atoms with Crippen LogP contribution in [0.15, 0.2) is 18.2 Å². The minimum atomic E-state index is -1.16. The van der Waals surface area contributed by atoms with Crippen LogP contribution < -0.4 is 10.1 Å². The molecule has 4 nitrogen and oxygen atoms in total. The number of hydrogen-bond acceptors (Lipinski definition) is 3. The molecule has 16 heavy (non-hydrogen) atoms. The number of carboxylic acid groups (broad SMARTS) is 1. The number of carbonyl (C=O) groups is 1.